The molecule has 0 radical (unpaired) electrons. The lowest BCUT2D eigenvalue weighted by molar-refractivity contribution is -0.122. The molecule has 0 aliphatic carbocycles. The summed E-state index contributed by atoms with van der Waals surface area (Å²) in [6.07, 6.45) is -0.691. The largest absolute Gasteiger partial charge is 0.497 e. The molecule has 154 valence electrons. The number of ether oxygens (including phenoxy) is 2. The summed E-state index contributed by atoms with van der Waals surface area (Å²) in [6.45, 7) is 3.61. The van der Waals surface area contributed by atoms with Crippen LogP contribution in [-0.2, 0) is 4.79 Å². The van der Waals surface area contributed by atoms with Crippen molar-refractivity contribution in [1.82, 2.24) is 0 Å². The normalized spacial score (nSPS) is 11.3. The molecule has 30 heavy (non-hydrogen) atoms. The zero-order valence-corrected chi connectivity index (χ0v) is 17.1. The number of carbonyl (C=O) groups is 2. The molecule has 3 rings (SSSR count). The van der Waals surface area contributed by atoms with Gasteiger partial charge in [0, 0.05) is 16.9 Å². The number of hydrogen-bond acceptors (Lipinski definition) is 4. The molecular formula is C24H24N2O4. The molecular weight excluding hydrogens is 380 g/mol. The molecule has 3 aromatic carbocycles. The Balaban J connectivity index is 1.57. The molecule has 6 heteroatoms. The van der Waals surface area contributed by atoms with Crippen molar-refractivity contribution >= 4 is 23.2 Å². The highest BCUT2D eigenvalue weighted by Gasteiger charge is 2.16. The van der Waals surface area contributed by atoms with E-state index in [9.17, 15) is 9.59 Å². The second kappa shape index (κ2) is 9.60. The first-order valence-electron chi connectivity index (χ1n) is 9.55. The van der Waals surface area contributed by atoms with Gasteiger partial charge in [0.2, 0.25) is 0 Å². The molecule has 0 fully saturated rings. The molecule has 0 saturated heterocycles. The van der Waals surface area contributed by atoms with Gasteiger partial charge in [0.1, 0.15) is 11.5 Å². The zero-order valence-electron chi connectivity index (χ0n) is 17.1. The monoisotopic (exact) mass is 404 g/mol. The molecule has 0 aliphatic heterocycles. The van der Waals surface area contributed by atoms with Crippen LogP contribution in [0.3, 0.4) is 0 Å². The van der Waals surface area contributed by atoms with Crippen LogP contribution >= 0.6 is 0 Å². The molecule has 0 spiro atoms. The van der Waals surface area contributed by atoms with Crippen molar-refractivity contribution in [2.45, 2.75) is 20.0 Å². The van der Waals surface area contributed by atoms with Crippen LogP contribution in [-0.4, -0.2) is 25.0 Å². The van der Waals surface area contributed by atoms with Crippen LogP contribution in [0, 0.1) is 6.92 Å². The van der Waals surface area contributed by atoms with Gasteiger partial charge >= 0.3 is 0 Å². The summed E-state index contributed by atoms with van der Waals surface area (Å²) in [4.78, 5) is 24.8. The lowest BCUT2D eigenvalue weighted by atomic mass is 10.2. The molecule has 0 bridgehead atoms. The highest BCUT2D eigenvalue weighted by Crippen LogP contribution is 2.19. The third-order valence-corrected chi connectivity index (χ3v) is 4.55. The number of rotatable bonds is 7. The van der Waals surface area contributed by atoms with Crippen molar-refractivity contribution in [3.8, 4) is 11.5 Å². The number of para-hydroxylation sites is 1. The first-order valence-corrected chi connectivity index (χ1v) is 9.55. The van der Waals surface area contributed by atoms with Crippen molar-refractivity contribution in [3.63, 3.8) is 0 Å². The molecule has 6 nitrogen and oxygen atoms in total. The number of aryl methyl sites for hydroxylation is 1. The molecule has 0 unspecified atom stereocenters. The predicted octanol–water partition coefficient (Wildman–Crippen LogP) is 4.66. The zero-order chi connectivity index (χ0) is 21.5. The first-order chi connectivity index (χ1) is 14.5. The van der Waals surface area contributed by atoms with E-state index in [4.69, 9.17) is 9.47 Å². The Labute approximate surface area is 175 Å². The minimum absolute atomic E-state index is 0.239. The van der Waals surface area contributed by atoms with E-state index in [2.05, 4.69) is 10.6 Å². The van der Waals surface area contributed by atoms with Crippen molar-refractivity contribution in [1.29, 1.82) is 0 Å². The SMILES string of the molecule is COc1ccc(NC(=O)c2ccc(O[C@@H](C)C(=O)Nc3ccccc3C)cc2)cc1. The molecule has 0 heterocycles. The summed E-state index contributed by atoms with van der Waals surface area (Å²) in [5.41, 5.74) is 2.88. The van der Waals surface area contributed by atoms with Crippen LogP contribution in [0.25, 0.3) is 0 Å². The number of hydrogen-bond donors (Lipinski definition) is 2. The molecule has 0 aliphatic rings. The quantitative estimate of drug-likeness (QED) is 0.600. The fourth-order valence-corrected chi connectivity index (χ4v) is 2.77. The van der Waals surface area contributed by atoms with Gasteiger partial charge < -0.3 is 20.1 Å². The van der Waals surface area contributed by atoms with Crippen molar-refractivity contribution in [2.24, 2.45) is 0 Å². The minimum Gasteiger partial charge on any atom is -0.497 e. The Morgan fingerprint density at radius 1 is 0.833 bits per heavy atom. The molecule has 3 aromatic rings. The Kier molecular flexibility index (Phi) is 6.70. The molecule has 2 amide bonds. The van der Waals surface area contributed by atoms with Crippen LogP contribution < -0.4 is 20.1 Å². The van der Waals surface area contributed by atoms with E-state index in [0.29, 0.717) is 17.0 Å². The predicted molar refractivity (Wildman–Crippen MR) is 117 cm³/mol. The second-order valence-electron chi connectivity index (χ2n) is 6.77. The van der Waals surface area contributed by atoms with E-state index in [1.807, 2.05) is 31.2 Å². The van der Waals surface area contributed by atoms with Gasteiger partial charge in [-0.3, -0.25) is 9.59 Å². The van der Waals surface area contributed by atoms with Gasteiger partial charge in [-0.2, -0.15) is 0 Å². The van der Waals surface area contributed by atoms with Crippen LogP contribution in [0.5, 0.6) is 11.5 Å². The fourth-order valence-electron chi connectivity index (χ4n) is 2.77. The minimum atomic E-state index is -0.691. The maximum Gasteiger partial charge on any atom is 0.265 e. The van der Waals surface area contributed by atoms with Gasteiger partial charge in [-0.15, -0.1) is 0 Å². The van der Waals surface area contributed by atoms with E-state index >= 15 is 0 Å². The topological polar surface area (TPSA) is 76.7 Å². The van der Waals surface area contributed by atoms with Gasteiger partial charge in [0.05, 0.1) is 7.11 Å². The van der Waals surface area contributed by atoms with Crippen molar-refractivity contribution < 1.29 is 19.1 Å². The van der Waals surface area contributed by atoms with E-state index < -0.39 is 6.10 Å². The molecule has 1 atom stereocenters. The summed E-state index contributed by atoms with van der Waals surface area (Å²) < 4.78 is 10.8. The number of benzene rings is 3. The van der Waals surface area contributed by atoms with Crippen LogP contribution in [0.4, 0.5) is 11.4 Å². The van der Waals surface area contributed by atoms with Crippen molar-refractivity contribution in [3.05, 3.63) is 83.9 Å². The smallest absolute Gasteiger partial charge is 0.265 e. The lowest BCUT2D eigenvalue weighted by Gasteiger charge is -2.16. The summed E-state index contributed by atoms with van der Waals surface area (Å²) >= 11 is 0. The second-order valence-corrected chi connectivity index (χ2v) is 6.77. The maximum absolute atomic E-state index is 12.4. The van der Waals surface area contributed by atoms with Crippen molar-refractivity contribution in [2.75, 3.05) is 17.7 Å². The van der Waals surface area contributed by atoms with Crippen LogP contribution in [0.15, 0.2) is 72.8 Å². The summed E-state index contributed by atoms with van der Waals surface area (Å²) in [5.74, 6) is 0.737. The lowest BCUT2D eigenvalue weighted by Crippen LogP contribution is -2.30. The third kappa shape index (κ3) is 5.38. The number of anilines is 2. The third-order valence-electron chi connectivity index (χ3n) is 4.55. The Bertz CT molecular complexity index is 1010. The van der Waals surface area contributed by atoms with Gasteiger partial charge in [-0.25, -0.2) is 0 Å². The number of carbonyl (C=O) groups excluding carboxylic acids is 2. The fraction of sp³-hybridized carbons (Fsp3) is 0.167. The van der Waals surface area contributed by atoms with Gasteiger partial charge in [-0.05, 0) is 74.0 Å². The van der Waals surface area contributed by atoms with E-state index in [1.54, 1.807) is 62.6 Å². The summed E-state index contributed by atoms with van der Waals surface area (Å²) in [5, 5.41) is 5.68. The summed E-state index contributed by atoms with van der Waals surface area (Å²) in [6, 6.07) is 21.3. The maximum atomic E-state index is 12.4. The highest BCUT2D eigenvalue weighted by atomic mass is 16.5. The van der Waals surface area contributed by atoms with Gasteiger partial charge in [0.25, 0.3) is 11.8 Å². The number of nitrogens with one attached hydrogen (secondary N) is 2. The number of methoxy groups -OCH3 is 1. The Morgan fingerprint density at radius 3 is 2.10 bits per heavy atom. The van der Waals surface area contributed by atoms with Gasteiger partial charge in [-0.1, -0.05) is 18.2 Å². The van der Waals surface area contributed by atoms with Crippen LogP contribution in [0.1, 0.15) is 22.8 Å². The highest BCUT2D eigenvalue weighted by molar-refractivity contribution is 6.04. The Morgan fingerprint density at radius 2 is 1.47 bits per heavy atom. The van der Waals surface area contributed by atoms with Gasteiger partial charge in [0.15, 0.2) is 6.10 Å². The number of amides is 2. The van der Waals surface area contributed by atoms with Crippen LogP contribution in [0.2, 0.25) is 0 Å². The first kappa shape index (κ1) is 20.9. The molecule has 2 N–H and O–H groups in total. The van der Waals surface area contributed by atoms with E-state index in [-0.39, 0.29) is 11.8 Å². The average Bonchev–Trinajstić information content (AvgIpc) is 2.76. The summed E-state index contributed by atoms with van der Waals surface area (Å²) in [7, 11) is 1.59. The Hall–Kier alpha value is -3.80. The van der Waals surface area contributed by atoms with E-state index in [0.717, 1.165) is 17.0 Å². The van der Waals surface area contributed by atoms with E-state index in [1.165, 1.54) is 0 Å². The molecule has 0 saturated carbocycles. The average molecular weight is 404 g/mol. The molecule has 0 aromatic heterocycles. The standard InChI is InChI=1S/C24H24N2O4/c1-16-6-4-5-7-22(16)26-23(27)17(2)30-21-12-8-18(9-13-21)24(28)25-19-10-14-20(29-3)15-11-19/h4-15,17H,1-3H3,(H,25,28)(H,26,27)/t17-/m0/s1.